The minimum absolute atomic E-state index is 0.0516. The number of para-hydroxylation sites is 1. The van der Waals surface area contributed by atoms with Gasteiger partial charge in [0.25, 0.3) is 0 Å². The van der Waals surface area contributed by atoms with Crippen LogP contribution in [0, 0.1) is 12.8 Å². The Morgan fingerprint density at radius 1 is 1.16 bits per heavy atom. The van der Waals surface area contributed by atoms with E-state index in [0.717, 1.165) is 33.5 Å². The van der Waals surface area contributed by atoms with E-state index in [0.29, 0.717) is 0 Å². The van der Waals surface area contributed by atoms with Gasteiger partial charge < -0.3 is 0 Å². The summed E-state index contributed by atoms with van der Waals surface area (Å²) in [6.07, 6.45) is 0.830. The maximum atomic E-state index is 13.3. The number of benzene rings is 2. The van der Waals surface area contributed by atoms with Gasteiger partial charge in [-0.2, -0.15) is 0 Å². The quantitative estimate of drug-likeness (QED) is 0.602. The fraction of sp³-hybridized carbons (Fsp3) is 0.200. The third-order valence-corrected chi connectivity index (χ3v) is 5.73. The molecule has 0 N–H and O–H groups in total. The number of hydrogen-bond donors (Lipinski definition) is 0. The van der Waals surface area contributed by atoms with Gasteiger partial charge in [-0.3, -0.25) is 9.69 Å². The molecule has 1 heterocycles. The summed E-state index contributed by atoms with van der Waals surface area (Å²) in [6.45, 7) is 1.94. The molecule has 1 amide bonds. The second-order valence-electron chi connectivity index (χ2n) is 6.25. The van der Waals surface area contributed by atoms with Crippen molar-refractivity contribution in [1.82, 2.24) is 4.98 Å². The fourth-order valence-electron chi connectivity index (χ4n) is 3.11. The number of nitrogens with zero attached hydrogens (tertiary/aromatic N) is 2. The Labute approximate surface area is 155 Å². The number of hydrogen-bond acceptors (Lipinski definition) is 3. The molecule has 0 radical (unpaired) electrons. The van der Waals surface area contributed by atoms with Crippen LogP contribution in [-0.4, -0.2) is 10.9 Å². The fourth-order valence-corrected chi connectivity index (χ4v) is 4.21. The normalized spacial score (nSPS) is 18.8. The second-order valence-corrected chi connectivity index (χ2v) is 7.49. The Balaban J connectivity index is 1.65. The van der Waals surface area contributed by atoms with E-state index in [2.05, 4.69) is 4.98 Å². The van der Waals surface area contributed by atoms with Gasteiger partial charge in [-0.25, -0.2) is 4.98 Å². The van der Waals surface area contributed by atoms with Crippen LogP contribution in [0.25, 0.3) is 0 Å². The number of thiazole rings is 1. The van der Waals surface area contributed by atoms with Crippen molar-refractivity contribution in [3.05, 3.63) is 76.3 Å². The Bertz CT molecular complexity index is 909. The van der Waals surface area contributed by atoms with E-state index in [-0.39, 0.29) is 17.7 Å². The van der Waals surface area contributed by atoms with Crippen molar-refractivity contribution in [2.75, 3.05) is 4.90 Å². The molecule has 1 aromatic heterocycles. The molecule has 25 heavy (non-hydrogen) atoms. The highest BCUT2D eigenvalue weighted by Crippen LogP contribution is 2.51. The van der Waals surface area contributed by atoms with Gasteiger partial charge in [0.1, 0.15) is 0 Å². The highest BCUT2D eigenvalue weighted by Gasteiger charge is 2.47. The first kappa shape index (κ1) is 16.3. The van der Waals surface area contributed by atoms with Gasteiger partial charge in [0.05, 0.1) is 11.4 Å². The maximum absolute atomic E-state index is 13.3. The van der Waals surface area contributed by atoms with Gasteiger partial charge in [-0.15, -0.1) is 11.3 Å². The summed E-state index contributed by atoms with van der Waals surface area (Å²) < 4.78 is 0. The Morgan fingerprint density at radius 2 is 1.88 bits per heavy atom. The number of carbonyl (C=O) groups is 1. The molecule has 2 atom stereocenters. The third kappa shape index (κ3) is 3.20. The van der Waals surface area contributed by atoms with Gasteiger partial charge >= 0.3 is 0 Å². The smallest absolute Gasteiger partial charge is 0.237 e. The van der Waals surface area contributed by atoms with Crippen molar-refractivity contribution < 1.29 is 4.79 Å². The Kier molecular flexibility index (Phi) is 4.32. The van der Waals surface area contributed by atoms with E-state index in [1.807, 2.05) is 66.9 Å². The van der Waals surface area contributed by atoms with E-state index in [1.54, 1.807) is 4.90 Å². The number of carbonyl (C=O) groups excluding carboxylic acids is 1. The molecular formula is C20H17ClN2OS. The molecule has 3 nitrogen and oxygen atoms in total. The number of aromatic nitrogens is 1. The molecule has 4 rings (SSSR count). The van der Waals surface area contributed by atoms with E-state index in [9.17, 15) is 4.79 Å². The van der Waals surface area contributed by atoms with Gasteiger partial charge in [0, 0.05) is 16.3 Å². The van der Waals surface area contributed by atoms with Crippen LogP contribution >= 0.6 is 22.9 Å². The Hall–Kier alpha value is -2.17. The second kappa shape index (κ2) is 6.62. The standard InChI is InChI=1S/C20H17ClN2OS/c1-13-12-25-20(22-13)23(14-7-3-2-4-8-14)19(24)17-11-16(17)15-9-5-6-10-18(15)21/h2-10,12,16-17H,11H2,1H3. The molecule has 5 heteroatoms. The van der Waals surface area contributed by atoms with Gasteiger partial charge in [-0.1, -0.05) is 48.0 Å². The molecule has 0 saturated heterocycles. The molecule has 2 aromatic carbocycles. The lowest BCUT2D eigenvalue weighted by atomic mass is 10.1. The maximum Gasteiger partial charge on any atom is 0.237 e. The van der Waals surface area contributed by atoms with E-state index in [4.69, 9.17) is 11.6 Å². The van der Waals surface area contributed by atoms with Crippen LogP contribution in [0.3, 0.4) is 0 Å². The predicted molar refractivity (Wildman–Crippen MR) is 103 cm³/mol. The van der Waals surface area contributed by atoms with Crippen molar-refractivity contribution in [2.24, 2.45) is 5.92 Å². The minimum atomic E-state index is -0.0516. The molecule has 1 saturated carbocycles. The molecule has 0 spiro atoms. The molecule has 2 unspecified atom stereocenters. The zero-order chi connectivity index (χ0) is 17.4. The summed E-state index contributed by atoms with van der Waals surface area (Å²) in [5, 5.41) is 3.43. The molecule has 1 aliphatic carbocycles. The summed E-state index contributed by atoms with van der Waals surface area (Å²) in [5.41, 5.74) is 2.84. The first-order valence-corrected chi connectivity index (χ1v) is 9.46. The van der Waals surface area contributed by atoms with Crippen LogP contribution in [0.1, 0.15) is 23.6 Å². The molecule has 126 valence electrons. The van der Waals surface area contributed by atoms with Crippen molar-refractivity contribution in [3.8, 4) is 0 Å². The van der Waals surface area contributed by atoms with Gasteiger partial charge in [0.15, 0.2) is 5.13 Å². The molecule has 1 aliphatic rings. The Morgan fingerprint density at radius 3 is 2.56 bits per heavy atom. The number of aryl methyl sites for hydroxylation is 1. The first-order valence-electron chi connectivity index (χ1n) is 8.20. The van der Waals surface area contributed by atoms with Gasteiger partial charge in [-0.05, 0) is 43.0 Å². The molecule has 0 aliphatic heterocycles. The molecular weight excluding hydrogens is 352 g/mol. The summed E-state index contributed by atoms with van der Waals surface area (Å²) in [5.74, 6) is 0.225. The summed E-state index contributed by atoms with van der Waals surface area (Å²) in [7, 11) is 0. The van der Waals surface area contributed by atoms with Crippen LogP contribution in [0.15, 0.2) is 60.0 Å². The van der Waals surface area contributed by atoms with Crippen LogP contribution < -0.4 is 4.90 Å². The molecule has 0 bridgehead atoms. The van der Waals surface area contributed by atoms with Crippen LogP contribution in [-0.2, 0) is 4.79 Å². The largest absolute Gasteiger partial charge is 0.274 e. The topological polar surface area (TPSA) is 33.2 Å². The summed E-state index contributed by atoms with van der Waals surface area (Å²) in [4.78, 5) is 19.5. The van der Waals surface area contributed by atoms with Crippen molar-refractivity contribution in [2.45, 2.75) is 19.3 Å². The number of amides is 1. The third-order valence-electron chi connectivity index (χ3n) is 4.45. The zero-order valence-electron chi connectivity index (χ0n) is 13.7. The van der Waals surface area contributed by atoms with Gasteiger partial charge in [0.2, 0.25) is 5.91 Å². The monoisotopic (exact) mass is 368 g/mol. The lowest BCUT2D eigenvalue weighted by Crippen LogP contribution is -2.27. The lowest BCUT2D eigenvalue weighted by molar-refractivity contribution is -0.119. The summed E-state index contributed by atoms with van der Waals surface area (Å²) in [6, 6.07) is 17.5. The SMILES string of the molecule is Cc1csc(N(C(=O)C2CC2c2ccccc2Cl)c2ccccc2)n1. The van der Waals surface area contributed by atoms with Crippen LogP contribution in [0.4, 0.5) is 10.8 Å². The average Bonchev–Trinajstić information content (AvgIpc) is 3.31. The predicted octanol–water partition coefficient (Wildman–Crippen LogP) is 5.57. The highest BCUT2D eigenvalue weighted by atomic mass is 35.5. The van der Waals surface area contributed by atoms with Crippen molar-refractivity contribution in [1.29, 1.82) is 0 Å². The van der Waals surface area contributed by atoms with Crippen LogP contribution in [0.5, 0.6) is 0 Å². The first-order chi connectivity index (χ1) is 12.1. The van der Waals surface area contributed by atoms with Crippen LogP contribution in [0.2, 0.25) is 5.02 Å². The number of anilines is 2. The molecule has 1 fully saturated rings. The summed E-state index contributed by atoms with van der Waals surface area (Å²) >= 11 is 7.81. The van der Waals surface area contributed by atoms with E-state index >= 15 is 0 Å². The number of halogens is 1. The zero-order valence-corrected chi connectivity index (χ0v) is 15.3. The van der Waals surface area contributed by atoms with Crippen molar-refractivity contribution in [3.63, 3.8) is 0 Å². The van der Waals surface area contributed by atoms with E-state index < -0.39 is 0 Å². The number of rotatable bonds is 4. The van der Waals surface area contributed by atoms with E-state index in [1.165, 1.54) is 11.3 Å². The average molecular weight is 369 g/mol. The highest BCUT2D eigenvalue weighted by molar-refractivity contribution is 7.14. The minimum Gasteiger partial charge on any atom is -0.274 e. The molecule has 3 aromatic rings. The lowest BCUT2D eigenvalue weighted by Gasteiger charge is -2.20. The van der Waals surface area contributed by atoms with Crippen molar-refractivity contribution >= 4 is 39.7 Å².